The van der Waals surface area contributed by atoms with E-state index < -0.39 is 0 Å². The zero-order valence-electron chi connectivity index (χ0n) is 13.4. The topological polar surface area (TPSA) is 36.4 Å². The zero-order valence-corrected chi connectivity index (χ0v) is 14.2. The van der Waals surface area contributed by atoms with Gasteiger partial charge in [0.15, 0.2) is 0 Å². The van der Waals surface area contributed by atoms with Gasteiger partial charge in [-0.15, -0.1) is 0 Å². The number of piperazine rings is 1. The Morgan fingerprint density at radius 2 is 1.83 bits per heavy atom. The Balaban J connectivity index is 1.50. The molecule has 1 aromatic carbocycles. The molecule has 24 heavy (non-hydrogen) atoms. The van der Waals surface area contributed by atoms with Gasteiger partial charge in [-0.05, 0) is 17.7 Å². The van der Waals surface area contributed by atoms with E-state index in [1.165, 1.54) is 5.56 Å². The fourth-order valence-corrected chi connectivity index (χ4v) is 2.95. The largest absolute Gasteiger partial charge is 0.336 e. The second kappa shape index (κ2) is 8.08. The van der Waals surface area contributed by atoms with Crippen molar-refractivity contribution < 1.29 is 4.79 Å². The van der Waals surface area contributed by atoms with Crippen molar-refractivity contribution in [1.82, 2.24) is 14.8 Å². The van der Waals surface area contributed by atoms with E-state index in [1.54, 1.807) is 18.3 Å². The minimum absolute atomic E-state index is 0.0347. The summed E-state index contributed by atoms with van der Waals surface area (Å²) in [6.45, 7) is 4.04. The summed E-state index contributed by atoms with van der Waals surface area (Å²) < 4.78 is 0. The quantitative estimate of drug-likeness (QED) is 0.801. The van der Waals surface area contributed by atoms with Crippen molar-refractivity contribution in [2.45, 2.75) is 0 Å². The lowest BCUT2D eigenvalue weighted by Gasteiger charge is -2.34. The Bertz CT molecular complexity index is 710. The number of hydrogen-bond donors (Lipinski definition) is 0. The maximum absolute atomic E-state index is 12.5. The Labute approximate surface area is 147 Å². The van der Waals surface area contributed by atoms with E-state index in [0.717, 1.165) is 19.6 Å². The number of hydrogen-bond acceptors (Lipinski definition) is 3. The van der Waals surface area contributed by atoms with E-state index in [2.05, 4.69) is 34.2 Å². The molecule has 124 valence electrons. The van der Waals surface area contributed by atoms with Gasteiger partial charge in [0.25, 0.3) is 5.91 Å². The number of carbonyl (C=O) groups is 1. The van der Waals surface area contributed by atoms with Crippen LogP contribution in [-0.2, 0) is 0 Å². The molecular weight excluding hydrogens is 322 g/mol. The molecule has 3 rings (SSSR count). The van der Waals surface area contributed by atoms with Crippen LogP contribution < -0.4 is 0 Å². The van der Waals surface area contributed by atoms with Crippen molar-refractivity contribution in [3.63, 3.8) is 0 Å². The van der Waals surface area contributed by atoms with Crippen LogP contribution in [0.1, 0.15) is 15.9 Å². The molecule has 0 bridgehead atoms. The molecular formula is C19H20ClN3O. The Hall–Kier alpha value is -2.17. The molecule has 2 heterocycles. The first kappa shape index (κ1) is 16.7. The molecule has 0 atom stereocenters. The molecule has 4 nitrogen and oxygen atoms in total. The van der Waals surface area contributed by atoms with E-state index in [0.29, 0.717) is 18.7 Å². The number of amides is 1. The number of carbonyl (C=O) groups excluding carboxylic acids is 1. The highest BCUT2D eigenvalue weighted by molar-refractivity contribution is 6.32. The third-order valence-electron chi connectivity index (χ3n) is 4.12. The second-order valence-corrected chi connectivity index (χ2v) is 6.11. The lowest BCUT2D eigenvalue weighted by molar-refractivity contribution is 0.0650. The van der Waals surface area contributed by atoms with Gasteiger partial charge < -0.3 is 4.90 Å². The normalized spacial score (nSPS) is 15.8. The predicted octanol–water partition coefficient (Wildman–Crippen LogP) is 3.21. The predicted molar refractivity (Wildman–Crippen MR) is 97.1 cm³/mol. The Morgan fingerprint density at radius 3 is 2.54 bits per heavy atom. The fourth-order valence-electron chi connectivity index (χ4n) is 2.75. The smallest absolute Gasteiger partial charge is 0.257 e. The van der Waals surface area contributed by atoms with Crippen LogP contribution in [0.4, 0.5) is 0 Å². The highest BCUT2D eigenvalue weighted by atomic mass is 35.5. The van der Waals surface area contributed by atoms with Crippen LogP contribution in [0.2, 0.25) is 5.15 Å². The van der Waals surface area contributed by atoms with Crippen LogP contribution >= 0.6 is 11.6 Å². The van der Waals surface area contributed by atoms with Gasteiger partial charge in [-0.3, -0.25) is 9.69 Å². The maximum atomic E-state index is 12.5. The van der Waals surface area contributed by atoms with Crippen molar-refractivity contribution in [2.24, 2.45) is 0 Å². The monoisotopic (exact) mass is 341 g/mol. The van der Waals surface area contributed by atoms with Gasteiger partial charge in [0.1, 0.15) is 5.15 Å². The van der Waals surface area contributed by atoms with Crippen LogP contribution in [0.5, 0.6) is 0 Å². The highest BCUT2D eigenvalue weighted by Crippen LogP contribution is 2.15. The minimum Gasteiger partial charge on any atom is -0.336 e. The maximum Gasteiger partial charge on any atom is 0.257 e. The Kier molecular flexibility index (Phi) is 5.62. The minimum atomic E-state index is -0.0347. The van der Waals surface area contributed by atoms with E-state index in [1.807, 2.05) is 23.1 Å². The molecule has 0 N–H and O–H groups in total. The van der Waals surface area contributed by atoms with Crippen LogP contribution in [0.3, 0.4) is 0 Å². The standard InChI is InChI=1S/C19H20ClN3O/c20-18-17(9-4-10-21-18)19(24)23-14-12-22(13-15-23)11-5-8-16-6-2-1-3-7-16/h1-10H,11-15H2/b8-5+. The van der Waals surface area contributed by atoms with Crippen LogP contribution in [0.15, 0.2) is 54.7 Å². The summed E-state index contributed by atoms with van der Waals surface area (Å²) in [4.78, 5) is 20.7. The van der Waals surface area contributed by atoms with Gasteiger partial charge in [-0.25, -0.2) is 4.98 Å². The van der Waals surface area contributed by atoms with Gasteiger partial charge in [0, 0.05) is 38.9 Å². The van der Waals surface area contributed by atoms with Crippen molar-refractivity contribution in [3.8, 4) is 0 Å². The van der Waals surface area contributed by atoms with Gasteiger partial charge in [-0.1, -0.05) is 54.1 Å². The van der Waals surface area contributed by atoms with E-state index in [4.69, 9.17) is 11.6 Å². The second-order valence-electron chi connectivity index (χ2n) is 5.75. The molecule has 0 unspecified atom stereocenters. The summed E-state index contributed by atoms with van der Waals surface area (Å²) in [5, 5.41) is 0.274. The van der Waals surface area contributed by atoms with Crippen LogP contribution in [0.25, 0.3) is 6.08 Å². The van der Waals surface area contributed by atoms with Crippen molar-refractivity contribution >= 4 is 23.6 Å². The summed E-state index contributed by atoms with van der Waals surface area (Å²) in [7, 11) is 0. The zero-order chi connectivity index (χ0) is 16.8. The summed E-state index contributed by atoms with van der Waals surface area (Å²) in [6.07, 6.45) is 5.90. The molecule has 1 aliphatic rings. The van der Waals surface area contributed by atoms with Gasteiger partial charge in [0.2, 0.25) is 0 Å². The van der Waals surface area contributed by atoms with Crippen molar-refractivity contribution in [3.05, 3.63) is 71.0 Å². The molecule has 1 aliphatic heterocycles. The molecule has 1 amide bonds. The van der Waals surface area contributed by atoms with Crippen LogP contribution in [0, 0.1) is 0 Å². The average molecular weight is 342 g/mol. The number of nitrogens with zero attached hydrogens (tertiary/aromatic N) is 3. The SMILES string of the molecule is O=C(c1cccnc1Cl)N1CCN(C/C=C/c2ccccc2)CC1. The fraction of sp³-hybridized carbons (Fsp3) is 0.263. The van der Waals surface area contributed by atoms with E-state index in [9.17, 15) is 4.79 Å². The molecule has 0 saturated carbocycles. The lowest BCUT2D eigenvalue weighted by atomic mass is 10.2. The number of rotatable bonds is 4. The van der Waals surface area contributed by atoms with Crippen molar-refractivity contribution in [2.75, 3.05) is 32.7 Å². The lowest BCUT2D eigenvalue weighted by Crippen LogP contribution is -2.48. The molecule has 5 heteroatoms. The third kappa shape index (κ3) is 4.22. The Morgan fingerprint density at radius 1 is 1.08 bits per heavy atom. The molecule has 0 aliphatic carbocycles. The summed E-state index contributed by atoms with van der Waals surface area (Å²) in [6, 6.07) is 13.7. The van der Waals surface area contributed by atoms with Crippen LogP contribution in [-0.4, -0.2) is 53.4 Å². The third-order valence-corrected chi connectivity index (χ3v) is 4.42. The molecule has 2 aromatic rings. The molecule has 0 radical (unpaired) electrons. The highest BCUT2D eigenvalue weighted by Gasteiger charge is 2.23. The van der Waals surface area contributed by atoms with Crippen molar-refractivity contribution in [1.29, 1.82) is 0 Å². The molecule has 1 aromatic heterocycles. The molecule has 1 saturated heterocycles. The van der Waals surface area contributed by atoms with Gasteiger partial charge in [0.05, 0.1) is 5.56 Å². The molecule has 1 fully saturated rings. The molecule has 0 spiro atoms. The van der Waals surface area contributed by atoms with E-state index >= 15 is 0 Å². The summed E-state index contributed by atoms with van der Waals surface area (Å²) in [5.74, 6) is -0.0347. The van der Waals surface area contributed by atoms with Gasteiger partial charge in [-0.2, -0.15) is 0 Å². The number of halogens is 1. The first-order chi connectivity index (χ1) is 11.7. The average Bonchev–Trinajstić information content (AvgIpc) is 2.63. The van der Waals surface area contributed by atoms with E-state index in [-0.39, 0.29) is 11.1 Å². The summed E-state index contributed by atoms with van der Waals surface area (Å²) >= 11 is 6.02. The summed E-state index contributed by atoms with van der Waals surface area (Å²) in [5.41, 5.74) is 1.69. The number of pyridine rings is 1. The van der Waals surface area contributed by atoms with Gasteiger partial charge >= 0.3 is 0 Å². The number of benzene rings is 1. The number of aromatic nitrogens is 1. The first-order valence-electron chi connectivity index (χ1n) is 8.08. The first-order valence-corrected chi connectivity index (χ1v) is 8.45.